The molecule has 0 N–H and O–H groups in total. The van der Waals surface area contributed by atoms with Gasteiger partial charge in [0.1, 0.15) is 0 Å². The third-order valence-corrected chi connectivity index (χ3v) is 6.39. The molecule has 0 aliphatic heterocycles. The predicted molar refractivity (Wildman–Crippen MR) is 129 cm³/mol. The van der Waals surface area contributed by atoms with E-state index in [2.05, 4.69) is 13.0 Å². The lowest BCUT2D eigenvalue weighted by Gasteiger charge is -2.23. The van der Waals surface area contributed by atoms with Gasteiger partial charge in [-0.3, -0.25) is 0 Å². The highest BCUT2D eigenvalue weighted by atomic mass is 16.6. The monoisotopic (exact) mass is 442 g/mol. The molecule has 0 aromatic heterocycles. The molecule has 33 heavy (non-hydrogen) atoms. The first kappa shape index (κ1) is 22.8. The van der Waals surface area contributed by atoms with Gasteiger partial charge in [-0.25, -0.2) is 9.59 Å². The largest absolute Gasteiger partial charge is 0.419 e. The van der Waals surface area contributed by atoms with Gasteiger partial charge >= 0.3 is 11.9 Å². The number of ether oxygens (including phenoxy) is 2. The molecule has 0 spiro atoms. The molecule has 3 aromatic carbocycles. The molecular formula is C29H30O4. The van der Waals surface area contributed by atoms with Crippen LogP contribution in [0.5, 0.6) is 11.5 Å². The third kappa shape index (κ3) is 5.00. The quantitative estimate of drug-likeness (QED) is 0.295. The van der Waals surface area contributed by atoms with Crippen molar-refractivity contribution in [3.05, 3.63) is 94.5 Å². The summed E-state index contributed by atoms with van der Waals surface area (Å²) < 4.78 is 12.0. The normalized spacial score (nSPS) is 13.6. The summed E-state index contributed by atoms with van der Waals surface area (Å²) >= 11 is 0. The van der Waals surface area contributed by atoms with Crippen LogP contribution in [0.25, 0.3) is 0 Å². The van der Waals surface area contributed by atoms with E-state index in [9.17, 15) is 9.59 Å². The highest BCUT2D eigenvalue weighted by Gasteiger charge is 2.28. The smallest absolute Gasteiger partial charge is 0.343 e. The predicted octanol–water partition coefficient (Wildman–Crippen LogP) is 6.91. The summed E-state index contributed by atoms with van der Waals surface area (Å²) in [6.45, 7) is 4.09. The molecule has 1 saturated carbocycles. The molecule has 1 aliphatic carbocycles. The van der Waals surface area contributed by atoms with E-state index in [0.717, 1.165) is 24.0 Å². The lowest BCUT2D eigenvalue weighted by atomic mass is 9.88. The Morgan fingerprint density at radius 2 is 1.27 bits per heavy atom. The first-order valence-electron chi connectivity index (χ1n) is 11.8. The van der Waals surface area contributed by atoms with E-state index in [-0.39, 0.29) is 0 Å². The molecule has 0 bridgehead atoms. The number of rotatable bonds is 7. The number of carbonyl (C=O) groups excluding carboxylic acids is 2. The third-order valence-electron chi connectivity index (χ3n) is 6.39. The van der Waals surface area contributed by atoms with Crippen LogP contribution in [0, 0.1) is 0 Å². The van der Waals surface area contributed by atoms with Crippen molar-refractivity contribution >= 4 is 11.9 Å². The Hall–Kier alpha value is -3.40. The van der Waals surface area contributed by atoms with Gasteiger partial charge in [-0.05, 0) is 67.0 Å². The lowest BCUT2D eigenvalue weighted by Crippen LogP contribution is -2.16. The Morgan fingerprint density at radius 3 is 1.76 bits per heavy atom. The van der Waals surface area contributed by atoms with Gasteiger partial charge in [-0.2, -0.15) is 0 Å². The van der Waals surface area contributed by atoms with Crippen LogP contribution in [0.2, 0.25) is 0 Å². The van der Waals surface area contributed by atoms with Crippen molar-refractivity contribution < 1.29 is 19.1 Å². The molecule has 4 rings (SSSR count). The van der Waals surface area contributed by atoms with Crippen molar-refractivity contribution in [1.82, 2.24) is 0 Å². The summed E-state index contributed by atoms with van der Waals surface area (Å²) in [6.07, 6.45) is 6.02. The van der Waals surface area contributed by atoms with Crippen LogP contribution >= 0.6 is 0 Å². The molecule has 0 unspecified atom stereocenters. The van der Waals surface area contributed by atoms with E-state index < -0.39 is 11.9 Å². The zero-order valence-electron chi connectivity index (χ0n) is 19.3. The van der Waals surface area contributed by atoms with Crippen molar-refractivity contribution in [2.75, 3.05) is 0 Å². The molecule has 3 aromatic rings. The van der Waals surface area contributed by atoms with Crippen molar-refractivity contribution in [2.24, 2.45) is 0 Å². The Labute approximate surface area is 195 Å². The van der Waals surface area contributed by atoms with Gasteiger partial charge in [-0.1, -0.05) is 69.2 Å². The van der Waals surface area contributed by atoms with Crippen LogP contribution in [0.15, 0.2) is 66.7 Å². The first-order chi connectivity index (χ1) is 16.1. The van der Waals surface area contributed by atoms with E-state index in [1.807, 2.05) is 19.1 Å². The van der Waals surface area contributed by atoms with E-state index in [4.69, 9.17) is 9.47 Å². The maximum atomic E-state index is 13.1. The maximum Gasteiger partial charge on any atom is 0.343 e. The molecule has 0 radical (unpaired) electrons. The standard InChI is InChI=1S/C29H30O4/c1-3-20-19-25(21-13-11-12-14-21)24(4-2)27(33-29(31)23-17-9-6-10-18-23)26(20)32-28(30)22-15-7-5-8-16-22/h5-10,15-19,21H,3-4,11-14H2,1-2H3. The van der Waals surface area contributed by atoms with E-state index in [1.54, 1.807) is 48.5 Å². The molecular weight excluding hydrogens is 412 g/mol. The minimum absolute atomic E-state index is 0.356. The summed E-state index contributed by atoms with van der Waals surface area (Å²) in [5.74, 6) is 0.273. The van der Waals surface area contributed by atoms with E-state index in [0.29, 0.717) is 41.4 Å². The Morgan fingerprint density at radius 1 is 0.758 bits per heavy atom. The van der Waals surface area contributed by atoms with Crippen LogP contribution in [0.1, 0.15) is 82.9 Å². The SMILES string of the molecule is CCc1cc(C2CCCC2)c(CC)c(OC(=O)c2ccccc2)c1OC(=O)c1ccccc1. The topological polar surface area (TPSA) is 52.6 Å². The second-order valence-corrected chi connectivity index (χ2v) is 8.46. The number of hydrogen-bond donors (Lipinski definition) is 0. The second-order valence-electron chi connectivity index (χ2n) is 8.46. The van der Waals surface area contributed by atoms with Gasteiger partial charge in [0.25, 0.3) is 0 Å². The molecule has 1 aliphatic rings. The molecule has 4 heteroatoms. The average Bonchev–Trinajstić information content (AvgIpc) is 3.40. The molecule has 4 nitrogen and oxygen atoms in total. The van der Waals surface area contributed by atoms with Crippen molar-refractivity contribution in [3.63, 3.8) is 0 Å². The highest BCUT2D eigenvalue weighted by Crippen LogP contribution is 2.45. The molecule has 1 fully saturated rings. The summed E-state index contributed by atoms with van der Waals surface area (Å²) in [4.78, 5) is 26.0. The van der Waals surface area contributed by atoms with Gasteiger partial charge in [0, 0.05) is 5.56 Å². The molecule has 0 atom stereocenters. The lowest BCUT2D eigenvalue weighted by molar-refractivity contribution is 0.0679. The van der Waals surface area contributed by atoms with Gasteiger partial charge in [-0.15, -0.1) is 0 Å². The van der Waals surface area contributed by atoms with Gasteiger partial charge in [0.15, 0.2) is 11.5 Å². The van der Waals surface area contributed by atoms with Crippen molar-refractivity contribution in [2.45, 2.75) is 58.3 Å². The summed E-state index contributed by atoms with van der Waals surface area (Å²) in [5.41, 5.74) is 3.98. The van der Waals surface area contributed by atoms with Gasteiger partial charge in [0.05, 0.1) is 11.1 Å². The summed E-state index contributed by atoms with van der Waals surface area (Å²) in [6, 6.07) is 20.0. The minimum Gasteiger partial charge on any atom is -0.419 e. The fraction of sp³-hybridized carbons (Fsp3) is 0.310. The Balaban J connectivity index is 1.82. The van der Waals surface area contributed by atoms with E-state index >= 15 is 0 Å². The van der Waals surface area contributed by atoms with Crippen LogP contribution in [-0.4, -0.2) is 11.9 Å². The number of esters is 2. The van der Waals surface area contributed by atoms with E-state index in [1.165, 1.54) is 18.4 Å². The van der Waals surface area contributed by atoms with Crippen LogP contribution in [-0.2, 0) is 12.8 Å². The Bertz CT molecular complexity index is 1110. The maximum absolute atomic E-state index is 13.1. The van der Waals surface area contributed by atoms with Gasteiger partial charge in [0.2, 0.25) is 0 Å². The second kappa shape index (κ2) is 10.5. The zero-order chi connectivity index (χ0) is 23.2. The van der Waals surface area contributed by atoms with Crippen LogP contribution in [0.3, 0.4) is 0 Å². The number of aryl methyl sites for hydroxylation is 1. The van der Waals surface area contributed by atoms with Crippen molar-refractivity contribution in [1.29, 1.82) is 0 Å². The average molecular weight is 443 g/mol. The molecule has 170 valence electrons. The minimum atomic E-state index is -0.460. The summed E-state index contributed by atoms with van der Waals surface area (Å²) in [7, 11) is 0. The fourth-order valence-electron chi connectivity index (χ4n) is 4.65. The molecule has 0 saturated heterocycles. The number of carbonyl (C=O) groups is 2. The zero-order valence-corrected chi connectivity index (χ0v) is 19.3. The summed E-state index contributed by atoms with van der Waals surface area (Å²) in [5, 5.41) is 0. The fourth-order valence-corrected chi connectivity index (χ4v) is 4.65. The van der Waals surface area contributed by atoms with Crippen LogP contribution in [0.4, 0.5) is 0 Å². The Kier molecular flexibility index (Phi) is 7.23. The van der Waals surface area contributed by atoms with Gasteiger partial charge < -0.3 is 9.47 Å². The molecule has 0 amide bonds. The number of benzene rings is 3. The number of hydrogen-bond acceptors (Lipinski definition) is 4. The van der Waals surface area contributed by atoms with Crippen molar-refractivity contribution in [3.8, 4) is 11.5 Å². The van der Waals surface area contributed by atoms with Crippen LogP contribution < -0.4 is 9.47 Å². The first-order valence-corrected chi connectivity index (χ1v) is 11.8. The highest BCUT2D eigenvalue weighted by molar-refractivity contribution is 5.93. The molecule has 0 heterocycles.